The molecule has 4 heterocycles. The molecular formula is C29H33ClN4O4. The van der Waals surface area contributed by atoms with Gasteiger partial charge in [-0.15, -0.1) is 0 Å². The molecule has 1 amide bonds. The minimum Gasteiger partial charge on any atom is -0.489 e. The number of nitrogens with one attached hydrogen (secondary N) is 1. The summed E-state index contributed by atoms with van der Waals surface area (Å²) in [6.07, 6.45) is 2.33. The lowest BCUT2D eigenvalue weighted by Crippen LogP contribution is -2.39. The van der Waals surface area contributed by atoms with Crippen LogP contribution in [0, 0.1) is 13.8 Å². The topological polar surface area (TPSA) is 87.8 Å². The van der Waals surface area contributed by atoms with Crippen LogP contribution in [0.2, 0.25) is 5.02 Å². The molecule has 2 aliphatic heterocycles. The minimum absolute atomic E-state index is 0.121. The SMILES string of the molecule is Cc1cc(C)c(CN2CCc3c(-c4ccc(N5CCOCC5)nc4)cc(OC(C)C)c(Cl)c3C2=O)c(=O)[nH]1. The first-order valence-corrected chi connectivity index (χ1v) is 13.4. The van der Waals surface area contributed by atoms with E-state index in [1.165, 1.54) is 0 Å². The summed E-state index contributed by atoms with van der Waals surface area (Å²) in [6, 6.07) is 7.89. The van der Waals surface area contributed by atoms with Gasteiger partial charge < -0.3 is 24.3 Å². The van der Waals surface area contributed by atoms with Crippen LogP contribution in [-0.4, -0.2) is 59.7 Å². The molecule has 1 aromatic carbocycles. The molecule has 2 aliphatic rings. The fourth-order valence-corrected chi connectivity index (χ4v) is 5.50. The monoisotopic (exact) mass is 536 g/mol. The van der Waals surface area contributed by atoms with Crippen LogP contribution in [-0.2, 0) is 17.7 Å². The molecule has 9 heteroatoms. The molecule has 1 N–H and O–H groups in total. The molecule has 5 rings (SSSR count). The molecule has 0 unspecified atom stereocenters. The molecule has 0 spiro atoms. The van der Waals surface area contributed by atoms with Crippen LogP contribution >= 0.6 is 11.6 Å². The Hall–Kier alpha value is -3.36. The molecule has 1 saturated heterocycles. The Labute approximate surface area is 227 Å². The highest BCUT2D eigenvalue weighted by molar-refractivity contribution is 6.35. The van der Waals surface area contributed by atoms with Gasteiger partial charge in [-0.2, -0.15) is 0 Å². The van der Waals surface area contributed by atoms with Crippen molar-refractivity contribution in [1.29, 1.82) is 0 Å². The van der Waals surface area contributed by atoms with Gasteiger partial charge in [0.25, 0.3) is 11.5 Å². The maximum Gasteiger partial charge on any atom is 0.256 e. The van der Waals surface area contributed by atoms with E-state index >= 15 is 0 Å². The number of rotatable bonds is 6. The standard InChI is InChI=1S/C29H33ClN4O4/c1-17(2)38-24-14-22(20-5-6-25(31-15-20)33-9-11-37-12-10-33)21-7-8-34(29(36)26(21)27(24)30)16-23-18(3)13-19(4)32-28(23)35/h5-6,13-15,17H,7-12,16H2,1-4H3,(H,32,35). The summed E-state index contributed by atoms with van der Waals surface area (Å²) in [5.41, 5.74) is 5.17. The number of aromatic nitrogens is 2. The van der Waals surface area contributed by atoms with Gasteiger partial charge in [0.15, 0.2) is 0 Å². The molecule has 200 valence electrons. The molecule has 8 nitrogen and oxygen atoms in total. The van der Waals surface area contributed by atoms with Crippen molar-refractivity contribution in [3.8, 4) is 16.9 Å². The Morgan fingerprint density at radius 3 is 2.55 bits per heavy atom. The lowest BCUT2D eigenvalue weighted by atomic mass is 9.90. The third-order valence-electron chi connectivity index (χ3n) is 7.07. The average molecular weight is 537 g/mol. The molecule has 0 radical (unpaired) electrons. The molecule has 2 aromatic heterocycles. The smallest absolute Gasteiger partial charge is 0.256 e. The number of morpholine rings is 1. The molecule has 0 atom stereocenters. The van der Waals surface area contributed by atoms with Crippen LogP contribution in [0.1, 0.15) is 46.6 Å². The molecule has 38 heavy (non-hydrogen) atoms. The van der Waals surface area contributed by atoms with E-state index in [0.717, 1.165) is 46.9 Å². The highest BCUT2D eigenvalue weighted by atomic mass is 35.5. The summed E-state index contributed by atoms with van der Waals surface area (Å²) < 4.78 is 11.5. The fraction of sp³-hybridized carbons (Fsp3) is 0.414. The summed E-state index contributed by atoms with van der Waals surface area (Å²) in [7, 11) is 0. The van der Waals surface area contributed by atoms with Gasteiger partial charge >= 0.3 is 0 Å². The van der Waals surface area contributed by atoms with Gasteiger partial charge in [0.1, 0.15) is 11.6 Å². The van der Waals surface area contributed by atoms with E-state index < -0.39 is 0 Å². The van der Waals surface area contributed by atoms with Crippen molar-refractivity contribution in [2.75, 3.05) is 37.7 Å². The second-order valence-corrected chi connectivity index (χ2v) is 10.6. The predicted molar refractivity (Wildman–Crippen MR) is 148 cm³/mol. The first-order chi connectivity index (χ1) is 18.2. The van der Waals surface area contributed by atoms with Crippen LogP contribution in [0.25, 0.3) is 11.1 Å². The first kappa shape index (κ1) is 26.3. The molecule has 0 saturated carbocycles. The van der Waals surface area contributed by atoms with Crippen molar-refractivity contribution in [3.63, 3.8) is 0 Å². The lowest BCUT2D eigenvalue weighted by Gasteiger charge is -2.32. The highest BCUT2D eigenvalue weighted by Gasteiger charge is 2.32. The molecular weight excluding hydrogens is 504 g/mol. The quantitative estimate of drug-likeness (QED) is 0.498. The van der Waals surface area contributed by atoms with E-state index in [4.69, 9.17) is 26.1 Å². The highest BCUT2D eigenvalue weighted by Crippen LogP contribution is 2.41. The Morgan fingerprint density at radius 2 is 1.89 bits per heavy atom. The number of benzene rings is 1. The Bertz CT molecular complexity index is 1410. The number of amides is 1. The van der Waals surface area contributed by atoms with E-state index in [9.17, 15) is 9.59 Å². The van der Waals surface area contributed by atoms with Gasteiger partial charge in [-0.3, -0.25) is 9.59 Å². The van der Waals surface area contributed by atoms with E-state index in [1.807, 2.05) is 58.2 Å². The Kier molecular flexibility index (Phi) is 7.45. The number of hydrogen-bond donors (Lipinski definition) is 1. The zero-order valence-corrected chi connectivity index (χ0v) is 23.0. The third kappa shape index (κ3) is 5.15. The molecule has 1 fully saturated rings. The van der Waals surface area contributed by atoms with E-state index in [2.05, 4.69) is 9.88 Å². The van der Waals surface area contributed by atoms with Crippen molar-refractivity contribution in [2.45, 2.75) is 46.8 Å². The van der Waals surface area contributed by atoms with E-state index in [-0.39, 0.29) is 24.1 Å². The van der Waals surface area contributed by atoms with Crippen LogP contribution in [0.15, 0.2) is 35.3 Å². The van der Waals surface area contributed by atoms with Crippen molar-refractivity contribution in [2.24, 2.45) is 0 Å². The van der Waals surface area contributed by atoms with E-state index in [1.54, 1.807) is 4.90 Å². The van der Waals surface area contributed by atoms with E-state index in [0.29, 0.717) is 48.1 Å². The maximum atomic E-state index is 13.9. The van der Waals surface area contributed by atoms with Gasteiger partial charge in [0, 0.05) is 42.7 Å². The van der Waals surface area contributed by atoms with Crippen molar-refractivity contribution in [3.05, 3.63) is 73.8 Å². The number of hydrogen-bond acceptors (Lipinski definition) is 6. The zero-order chi connectivity index (χ0) is 27.0. The number of ether oxygens (including phenoxy) is 2. The minimum atomic E-state index is -0.205. The number of fused-ring (bicyclic) bond motifs is 1. The number of carbonyl (C=O) groups is 1. The van der Waals surface area contributed by atoms with Crippen molar-refractivity contribution < 1.29 is 14.3 Å². The first-order valence-electron chi connectivity index (χ1n) is 13.0. The number of carbonyl (C=O) groups excluding carboxylic acids is 1. The number of H-pyrrole nitrogens is 1. The third-order valence-corrected chi connectivity index (χ3v) is 7.45. The molecule has 3 aromatic rings. The summed E-state index contributed by atoms with van der Waals surface area (Å²) in [6.45, 7) is 11.3. The second kappa shape index (κ2) is 10.8. The molecule has 0 bridgehead atoms. The lowest BCUT2D eigenvalue weighted by molar-refractivity contribution is 0.0725. The van der Waals surface area contributed by atoms with Crippen LogP contribution < -0.4 is 15.2 Å². The Morgan fingerprint density at radius 1 is 1.13 bits per heavy atom. The summed E-state index contributed by atoms with van der Waals surface area (Å²) in [5, 5.41) is 0.305. The Balaban J connectivity index is 1.53. The number of aryl methyl sites for hydroxylation is 2. The largest absolute Gasteiger partial charge is 0.489 e. The summed E-state index contributed by atoms with van der Waals surface area (Å²) in [5.74, 6) is 1.16. The maximum absolute atomic E-state index is 13.9. The number of pyridine rings is 2. The van der Waals surface area contributed by atoms with Crippen LogP contribution in [0.5, 0.6) is 5.75 Å². The van der Waals surface area contributed by atoms with Crippen LogP contribution in [0.3, 0.4) is 0 Å². The van der Waals surface area contributed by atoms with Gasteiger partial charge in [-0.05, 0) is 75.1 Å². The zero-order valence-electron chi connectivity index (χ0n) is 22.3. The van der Waals surface area contributed by atoms with Crippen molar-refractivity contribution >= 4 is 23.3 Å². The number of anilines is 1. The van der Waals surface area contributed by atoms with Gasteiger partial charge in [0.2, 0.25) is 0 Å². The second-order valence-electron chi connectivity index (χ2n) is 10.2. The summed E-state index contributed by atoms with van der Waals surface area (Å²) in [4.78, 5) is 38.0. The average Bonchev–Trinajstić information content (AvgIpc) is 2.89. The van der Waals surface area contributed by atoms with Crippen molar-refractivity contribution in [1.82, 2.24) is 14.9 Å². The fourth-order valence-electron chi connectivity index (χ4n) is 5.20. The van der Waals surface area contributed by atoms with Crippen LogP contribution in [0.4, 0.5) is 5.82 Å². The molecule has 0 aliphatic carbocycles. The van der Waals surface area contributed by atoms with Gasteiger partial charge in [-0.25, -0.2) is 4.98 Å². The van der Waals surface area contributed by atoms with Gasteiger partial charge in [-0.1, -0.05) is 11.6 Å². The normalized spacial score (nSPS) is 15.7. The van der Waals surface area contributed by atoms with Gasteiger partial charge in [0.05, 0.1) is 36.4 Å². The number of nitrogens with zero attached hydrogens (tertiary/aromatic N) is 3. The number of aromatic amines is 1. The number of halogens is 1. The predicted octanol–water partition coefficient (Wildman–Crippen LogP) is 4.53. The summed E-state index contributed by atoms with van der Waals surface area (Å²) >= 11 is 6.83.